The molecule has 3 fully saturated rings. The highest BCUT2D eigenvalue weighted by Gasteiger charge is 2.45. The van der Waals surface area contributed by atoms with Crippen LogP contribution in [0.15, 0.2) is 0 Å². The number of hydrogen-bond donors (Lipinski definition) is 2. The predicted molar refractivity (Wildman–Crippen MR) is 88.1 cm³/mol. The number of fused-ring (bicyclic) bond motifs is 1. The molecule has 1 aliphatic heterocycles. The van der Waals surface area contributed by atoms with E-state index >= 15 is 0 Å². The van der Waals surface area contributed by atoms with Crippen molar-refractivity contribution in [2.75, 3.05) is 6.54 Å². The van der Waals surface area contributed by atoms with Crippen molar-refractivity contribution in [3.8, 4) is 0 Å². The number of amides is 1. The third kappa shape index (κ3) is 4.06. The van der Waals surface area contributed by atoms with Gasteiger partial charge in [0.2, 0.25) is 5.91 Å². The minimum atomic E-state index is -0.762. The first kappa shape index (κ1) is 16.7. The molecule has 0 unspecified atom stereocenters. The lowest BCUT2D eigenvalue weighted by Gasteiger charge is -2.32. The molecule has 23 heavy (non-hydrogen) atoms. The molecule has 0 radical (unpaired) electrons. The molecule has 3 atom stereocenters. The molecular formula is C18H30N2O3. The maximum absolute atomic E-state index is 12.5. The molecule has 130 valence electrons. The average Bonchev–Trinajstić information content (AvgIpc) is 2.70. The fourth-order valence-electron chi connectivity index (χ4n) is 4.89. The van der Waals surface area contributed by atoms with Crippen LogP contribution in [0.2, 0.25) is 0 Å². The zero-order valence-electron chi connectivity index (χ0n) is 14.0. The highest BCUT2D eigenvalue weighted by atomic mass is 16.4. The second-order valence-corrected chi connectivity index (χ2v) is 7.63. The summed E-state index contributed by atoms with van der Waals surface area (Å²) in [7, 11) is 0. The standard InChI is InChI=1S/C18H30N2O3/c21-17(19-14-8-3-1-2-4-9-14)12-20-15-10-6-5-7-13(15)11-16(20)18(22)23/h13-16H,1-12H2,(H,19,21)(H,22,23)/t13-,15+,16+/m1/s1. The quantitative estimate of drug-likeness (QED) is 0.781. The number of aliphatic carboxylic acids is 1. The molecule has 0 bridgehead atoms. The lowest BCUT2D eigenvalue weighted by molar-refractivity contribution is -0.143. The van der Waals surface area contributed by atoms with Gasteiger partial charge in [0.15, 0.2) is 0 Å². The van der Waals surface area contributed by atoms with Gasteiger partial charge < -0.3 is 10.4 Å². The minimum Gasteiger partial charge on any atom is -0.480 e. The normalized spacial score (nSPS) is 33.0. The summed E-state index contributed by atoms with van der Waals surface area (Å²) in [5, 5.41) is 12.7. The van der Waals surface area contributed by atoms with Crippen molar-refractivity contribution >= 4 is 11.9 Å². The Morgan fingerprint density at radius 1 is 0.957 bits per heavy atom. The van der Waals surface area contributed by atoms with E-state index in [1.807, 2.05) is 4.90 Å². The van der Waals surface area contributed by atoms with Crippen LogP contribution in [-0.4, -0.2) is 46.6 Å². The number of nitrogens with one attached hydrogen (secondary N) is 1. The molecule has 0 spiro atoms. The maximum atomic E-state index is 12.5. The molecule has 3 aliphatic rings. The molecule has 5 nitrogen and oxygen atoms in total. The largest absolute Gasteiger partial charge is 0.480 e. The van der Waals surface area contributed by atoms with E-state index < -0.39 is 12.0 Å². The van der Waals surface area contributed by atoms with Gasteiger partial charge in [0.05, 0.1) is 6.54 Å². The van der Waals surface area contributed by atoms with Crippen LogP contribution >= 0.6 is 0 Å². The molecule has 2 N–H and O–H groups in total. The van der Waals surface area contributed by atoms with Gasteiger partial charge in [-0.2, -0.15) is 0 Å². The third-order valence-corrected chi connectivity index (χ3v) is 6.05. The number of carboxylic acids is 1. The summed E-state index contributed by atoms with van der Waals surface area (Å²) in [5.41, 5.74) is 0. The van der Waals surface area contributed by atoms with Crippen LogP contribution in [0.3, 0.4) is 0 Å². The molecule has 0 aromatic rings. The number of hydrogen-bond acceptors (Lipinski definition) is 3. The molecule has 0 aromatic heterocycles. The summed E-state index contributed by atoms with van der Waals surface area (Å²) in [6.07, 6.45) is 12.3. The number of carbonyl (C=O) groups is 2. The Bertz CT molecular complexity index is 432. The number of rotatable bonds is 4. The molecule has 2 aliphatic carbocycles. The average molecular weight is 322 g/mol. The Morgan fingerprint density at radius 3 is 2.30 bits per heavy atom. The van der Waals surface area contributed by atoms with Gasteiger partial charge in [-0.15, -0.1) is 0 Å². The van der Waals surface area contributed by atoms with Crippen molar-refractivity contribution in [1.29, 1.82) is 0 Å². The van der Waals surface area contributed by atoms with Crippen molar-refractivity contribution in [3.05, 3.63) is 0 Å². The fraction of sp³-hybridized carbons (Fsp3) is 0.889. The first-order valence-corrected chi connectivity index (χ1v) is 9.43. The molecule has 3 rings (SSSR count). The van der Waals surface area contributed by atoms with Gasteiger partial charge in [0, 0.05) is 12.1 Å². The van der Waals surface area contributed by atoms with Crippen molar-refractivity contribution in [2.24, 2.45) is 5.92 Å². The zero-order chi connectivity index (χ0) is 16.2. The van der Waals surface area contributed by atoms with Gasteiger partial charge in [-0.1, -0.05) is 38.5 Å². The van der Waals surface area contributed by atoms with Crippen LogP contribution in [0, 0.1) is 5.92 Å². The van der Waals surface area contributed by atoms with Crippen molar-refractivity contribution in [3.63, 3.8) is 0 Å². The summed E-state index contributed by atoms with van der Waals surface area (Å²) in [6.45, 7) is 0.259. The molecule has 2 saturated carbocycles. The van der Waals surface area contributed by atoms with E-state index in [1.54, 1.807) is 0 Å². The second kappa shape index (κ2) is 7.65. The van der Waals surface area contributed by atoms with Crippen LogP contribution in [0.5, 0.6) is 0 Å². The summed E-state index contributed by atoms with van der Waals surface area (Å²) in [6, 6.07) is 0.116. The van der Waals surface area contributed by atoms with Gasteiger partial charge in [0.1, 0.15) is 6.04 Å². The SMILES string of the molecule is O=C(CN1[C@H](C(=O)O)C[C@H]2CCCC[C@@H]21)NC1CCCCCC1. The molecule has 5 heteroatoms. The maximum Gasteiger partial charge on any atom is 0.320 e. The Labute approximate surface area is 138 Å². The minimum absolute atomic E-state index is 0.0226. The summed E-state index contributed by atoms with van der Waals surface area (Å²) >= 11 is 0. The first-order chi connectivity index (χ1) is 11.1. The van der Waals surface area contributed by atoms with E-state index in [-0.39, 0.29) is 18.5 Å². The number of nitrogens with zero attached hydrogens (tertiary/aromatic N) is 1. The van der Waals surface area contributed by atoms with Crippen LogP contribution < -0.4 is 5.32 Å². The third-order valence-electron chi connectivity index (χ3n) is 6.05. The number of carbonyl (C=O) groups excluding carboxylic acids is 1. The topological polar surface area (TPSA) is 69.6 Å². The summed E-state index contributed by atoms with van der Waals surface area (Å²) in [4.78, 5) is 26.1. The van der Waals surface area contributed by atoms with Crippen molar-refractivity contribution in [2.45, 2.75) is 88.8 Å². The smallest absolute Gasteiger partial charge is 0.320 e. The predicted octanol–water partition coefficient (Wildman–Crippen LogP) is 2.54. The van der Waals surface area contributed by atoms with E-state index in [4.69, 9.17) is 0 Å². The van der Waals surface area contributed by atoms with Gasteiger partial charge in [-0.25, -0.2) is 0 Å². The van der Waals surface area contributed by atoms with Gasteiger partial charge in [-0.05, 0) is 38.0 Å². The molecule has 1 amide bonds. The summed E-state index contributed by atoms with van der Waals surface area (Å²) in [5.74, 6) is -0.272. The van der Waals surface area contributed by atoms with Crippen molar-refractivity contribution in [1.82, 2.24) is 10.2 Å². The highest BCUT2D eigenvalue weighted by Crippen LogP contribution is 2.39. The van der Waals surface area contributed by atoms with Crippen molar-refractivity contribution < 1.29 is 14.7 Å². The van der Waals surface area contributed by atoms with Gasteiger partial charge in [0.25, 0.3) is 0 Å². The van der Waals surface area contributed by atoms with Crippen LogP contribution in [0.1, 0.15) is 70.6 Å². The Balaban J connectivity index is 1.59. The second-order valence-electron chi connectivity index (χ2n) is 7.63. The van der Waals surface area contributed by atoms with Crippen LogP contribution in [-0.2, 0) is 9.59 Å². The monoisotopic (exact) mass is 322 g/mol. The Morgan fingerprint density at radius 2 is 1.61 bits per heavy atom. The van der Waals surface area contributed by atoms with Gasteiger partial charge in [-0.3, -0.25) is 14.5 Å². The Hall–Kier alpha value is -1.10. The van der Waals surface area contributed by atoms with E-state index in [2.05, 4.69) is 5.32 Å². The van der Waals surface area contributed by atoms with E-state index in [1.165, 1.54) is 32.1 Å². The zero-order valence-corrected chi connectivity index (χ0v) is 14.0. The molecular weight excluding hydrogens is 292 g/mol. The molecule has 1 heterocycles. The van der Waals surface area contributed by atoms with E-state index in [9.17, 15) is 14.7 Å². The molecule has 1 saturated heterocycles. The number of likely N-dealkylation sites (tertiary alicyclic amines) is 1. The molecule has 0 aromatic carbocycles. The van der Waals surface area contributed by atoms with Crippen LogP contribution in [0.25, 0.3) is 0 Å². The van der Waals surface area contributed by atoms with Gasteiger partial charge >= 0.3 is 5.97 Å². The van der Waals surface area contributed by atoms with Crippen LogP contribution in [0.4, 0.5) is 0 Å². The summed E-state index contributed by atoms with van der Waals surface area (Å²) < 4.78 is 0. The lowest BCUT2D eigenvalue weighted by atomic mass is 9.85. The lowest BCUT2D eigenvalue weighted by Crippen LogP contribution is -2.49. The van der Waals surface area contributed by atoms with E-state index in [0.29, 0.717) is 12.0 Å². The highest BCUT2D eigenvalue weighted by molar-refractivity contribution is 5.80. The fourth-order valence-corrected chi connectivity index (χ4v) is 4.89. The van der Waals surface area contributed by atoms with E-state index in [0.717, 1.165) is 38.5 Å². The Kier molecular flexibility index (Phi) is 5.57. The first-order valence-electron chi connectivity index (χ1n) is 9.43. The number of carboxylic acid groups (broad SMARTS) is 1.